The van der Waals surface area contributed by atoms with Crippen LogP contribution in [0.2, 0.25) is 0 Å². The summed E-state index contributed by atoms with van der Waals surface area (Å²) < 4.78 is 5.37. The molecule has 2 heteroatoms. The molecular weight excluding hydrogens is 180 g/mol. The summed E-state index contributed by atoms with van der Waals surface area (Å²) in [5, 5.41) is 0. The minimum atomic E-state index is 0.514. The third kappa shape index (κ3) is 1.68. The summed E-state index contributed by atoms with van der Waals surface area (Å²) >= 11 is 3.56. The average molecular weight is 193 g/mol. The number of ether oxygens (including phenoxy) is 1. The SMILES string of the molecule is CCC(Br)C1OC1CC. The second-order valence-electron chi connectivity index (χ2n) is 2.47. The molecule has 0 saturated carbocycles. The molecule has 54 valence electrons. The van der Waals surface area contributed by atoms with Gasteiger partial charge in [-0.15, -0.1) is 0 Å². The maximum Gasteiger partial charge on any atom is 0.0966 e. The van der Waals surface area contributed by atoms with Crippen LogP contribution < -0.4 is 0 Å². The van der Waals surface area contributed by atoms with Crippen molar-refractivity contribution < 1.29 is 4.74 Å². The van der Waals surface area contributed by atoms with Gasteiger partial charge in [-0.3, -0.25) is 0 Å². The van der Waals surface area contributed by atoms with Gasteiger partial charge in [0.25, 0.3) is 0 Å². The summed E-state index contributed by atoms with van der Waals surface area (Å²) in [4.78, 5) is 0.586. The van der Waals surface area contributed by atoms with Crippen molar-refractivity contribution in [2.24, 2.45) is 0 Å². The van der Waals surface area contributed by atoms with E-state index in [1.165, 1.54) is 6.42 Å². The van der Waals surface area contributed by atoms with Gasteiger partial charge in [-0.1, -0.05) is 29.8 Å². The van der Waals surface area contributed by atoms with E-state index in [1.54, 1.807) is 0 Å². The number of rotatable bonds is 3. The highest BCUT2D eigenvalue weighted by Crippen LogP contribution is 2.33. The van der Waals surface area contributed by atoms with Crippen molar-refractivity contribution >= 4 is 15.9 Å². The van der Waals surface area contributed by atoms with E-state index < -0.39 is 0 Å². The van der Waals surface area contributed by atoms with Gasteiger partial charge in [-0.25, -0.2) is 0 Å². The molecule has 3 unspecified atom stereocenters. The summed E-state index contributed by atoms with van der Waals surface area (Å²) in [6.45, 7) is 4.34. The maximum absolute atomic E-state index is 5.37. The molecule has 1 heterocycles. The lowest BCUT2D eigenvalue weighted by atomic mass is 10.2. The van der Waals surface area contributed by atoms with Crippen LogP contribution in [0.3, 0.4) is 0 Å². The lowest BCUT2D eigenvalue weighted by Gasteiger charge is -1.98. The van der Waals surface area contributed by atoms with E-state index in [4.69, 9.17) is 4.74 Å². The van der Waals surface area contributed by atoms with E-state index in [-0.39, 0.29) is 0 Å². The van der Waals surface area contributed by atoms with Crippen molar-refractivity contribution in [3.63, 3.8) is 0 Å². The Kier molecular flexibility index (Phi) is 2.53. The summed E-state index contributed by atoms with van der Waals surface area (Å²) in [7, 11) is 0. The highest BCUT2D eigenvalue weighted by Gasteiger charge is 2.41. The standard InChI is InChI=1S/C7H13BrO/c1-3-5(8)7-6(4-2)9-7/h5-7H,3-4H2,1-2H3. The third-order valence-corrected chi connectivity index (χ3v) is 2.94. The number of hydrogen-bond acceptors (Lipinski definition) is 1. The van der Waals surface area contributed by atoms with E-state index in [0.29, 0.717) is 17.0 Å². The topological polar surface area (TPSA) is 12.5 Å². The first kappa shape index (κ1) is 7.55. The quantitative estimate of drug-likeness (QED) is 0.495. The second kappa shape index (κ2) is 3.02. The first-order chi connectivity index (χ1) is 4.29. The molecule has 1 aliphatic rings. The fourth-order valence-corrected chi connectivity index (χ4v) is 1.50. The molecule has 3 atom stereocenters. The smallest absolute Gasteiger partial charge is 0.0966 e. The molecule has 9 heavy (non-hydrogen) atoms. The van der Waals surface area contributed by atoms with Crippen LogP contribution in [0.1, 0.15) is 26.7 Å². The molecular formula is C7H13BrO. The zero-order chi connectivity index (χ0) is 6.85. The Morgan fingerprint density at radius 1 is 1.56 bits per heavy atom. The van der Waals surface area contributed by atoms with Crippen LogP contribution in [-0.2, 0) is 4.74 Å². The Morgan fingerprint density at radius 2 is 2.22 bits per heavy atom. The predicted molar refractivity (Wildman–Crippen MR) is 42.0 cm³/mol. The minimum absolute atomic E-state index is 0.514. The first-order valence-corrected chi connectivity index (χ1v) is 4.50. The van der Waals surface area contributed by atoms with Gasteiger partial charge in [-0.05, 0) is 12.8 Å². The number of epoxide rings is 1. The zero-order valence-corrected chi connectivity index (χ0v) is 7.52. The Hall–Kier alpha value is 0.440. The van der Waals surface area contributed by atoms with Crippen LogP contribution in [0.15, 0.2) is 0 Å². The van der Waals surface area contributed by atoms with Gasteiger partial charge in [0.2, 0.25) is 0 Å². The van der Waals surface area contributed by atoms with E-state index in [2.05, 4.69) is 29.8 Å². The molecule has 0 aliphatic carbocycles. The van der Waals surface area contributed by atoms with Crippen LogP contribution in [-0.4, -0.2) is 17.0 Å². The lowest BCUT2D eigenvalue weighted by molar-refractivity contribution is 0.363. The largest absolute Gasteiger partial charge is 0.368 e. The van der Waals surface area contributed by atoms with E-state index in [1.807, 2.05) is 0 Å². The van der Waals surface area contributed by atoms with Gasteiger partial charge in [0.05, 0.1) is 12.2 Å². The molecule has 1 saturated heterocycles. The second-order valence-corrected chi connectivity index (χ2v) is 3.65. The van der Waals surface area contributed by atoms with E-state index in [0.717, 1.165) is 6.42 Å². The maximum atomic E-state index is 5.37. The summed E-state index contributed by atoms with van der Waals surface area (Å²) in [5.74, 6) is 0. The van der Waals surface area contributed by atoms with Gasteiger partial charge >= 0.3 is 0 Å². The van der Waals surface area contributed by atoms with Gasteiger partial charge in [0.15, 0.2) is 0 Å². The summed E-state index contributed by atoms with van der Waals surface area (Å²) in [6, 6.07) is 0. The van der Waals surface area contributed by atoms with Gasteiger partial charge in [0, 0.05) is 4.83 Å². The fraction of sp³-hybridized carbons (Fsp3) is 1.00. The van der Waals surface area contributed by atoms with Crippen LogP contribution in [0.25, 0.3) is 0 Å². The Labute approximate surface area is 64.9 Å². The molecule has 1 rings (SSSR count). The minimum Gasteiger partial charge on any atom is -0.368 e. The summed E-state index contributed by atoms with van der Waals surface area (Å²) in [5.41, 5.74) is 0. The van der Waals surface area contributed by atoms with E-state index in [9.17, 15) is 0 Å². The number of hydrogen-bond donors (Lipinski definition) is 0. The lowest BCUT2D eigenvalue weighted by Crippen LogP contribution is -2.07. The van der Waals surface area contributed by atoms with Gasteiger partial charge in [0.1, 0.15) is 0 Å². The van der Waals surface area contributed by atoms with Crippen LogP contribution in [0.5, 0.6) is 0 Å². The molecule has 0 N–H and O–H groups in total. The van der Waals surface area contributed by atoms with Crippen LogP contribution in [0, 0.1) is 0 Å². The molecule has 0 radical (unpaired) electrons. The van der Waals surface area contributed by atoms with E-state index >= 15 is 0 Å². The monoisotopic (exact) mass is 192 g/mol. The van der Waals surface area contributed by atoms with Crippen LogP contribution in [0.4, 0.5) is 0 Å². The highest BCUT2D eigenvalue weighted by molar-refractivity contribution is 9.09. The van der Waals surface area contributed by atoms with Gasteiger partial charge < -0.3 is 4.74 Å². The molecule has 0 amide bonds. The molecule has 1 nitrogen and oxygen atoms in total. The van der Waals surface area contributed by atoms with Crippen molar-refractivity contribution in [2.45, 2.75) is 43.7 Å². The molecule has 0 spiro atoms. The molecule has 0 aromatic heterocycles. The molecule has 0 aromatic rings. The molecule has 0 bridgehead atoms. The van der Waals surface area contributed by atoms with Crippen molar-refractivity contribution in [1.82, 2.24) is 0 Å². The third-order valence-electron chi connectivity index (χ3n) is 1.77. The summed E-state index contributed by atoms with van der Waals surface area (Å²) in [6.07, 6.45) is 3.39. The molecule has 0 aromatic carbocycles. The Morgan fingerprint density at radius 3 is 2.56 bits per heavy atom. The van der Waals surface area contributed by atoms with Gasteiger partial charge in [-0.2, -0.15) is 0 Å². The average Bonchev–Trinajstić information content (AvgIpc) is 2.64. The fourth-order valence-electron chi connectivity index (χ4n) is 1.04. The predicted octanol–water partition coefficient (Wildman–Crippen LogP) is 2.34. The van der Waals surface area contributed by atoms with Crippen LogP contribution >= 0.6 is 15.9 Å². The van der Waals surface area contributed by atoms with Crippen molar-refractivity contribution in [3.8, 4) is 0 Å². The highest BCUT2D eigenvalue weighted by atomic mass is 79.9. The van der Waals surface area contributed by atoms with Crippen molar-refractivity contribution in [1.29, 1.82) is 0 Å². The normalized spacial score (nSPS) is 36.3. The van der Waals surface area contributed by atoms with Crippen molar-refractivity contribution in [2.75, 3.05) is 0 Å². The molecule has 1 fully saturated rings. The first-order valence-electron chi connectivity index (χ1n) is 3.59. The Bertz CT molecular complexity index is 94.9. The number of alkyl halides is 1. The van der Waals surface area contributed by atoms with Crippen molar-refractivity contribution in [3.05, 3.63) is 0 Å². The molecule has 1 aliphatic heterocycles. The number of halogens is 1. The zero-order valence-electron chi connectivity index (χ0n) is 5.93. The Balaban J connectivity index is 2.17.